The number of hydrogen-bond acceptors (Lipinski definition) is 6. The lowest BCUT2D eigenvalue weighted by molar-refractivity contribution is 0.0935. The molecule has 2 aromatic rings. The molecule has 0 saturated carbocycles. The van der Waals surface area contributed by atoms with Crippen LogP contribution in [-0.2, 0) is 6.54 Å². The van der Waals surface area contributed by atoms with Crippen LogP contribution in [0.1, 0.15) is 34.8 Å². The molecule has 28 heavy (non-hydrogen) atoms. The van der Waals surface area contributed by atoms with E-state index in [-0.39, 0.29) is 23.1 Å². The Morgan fingerprint density at radius 3 is 2.71 bits per heavy atom. The fourth-order valence-corrected chi connectivity index (χ4v) is 4.71. The predicted molar refractivity (Wildman–Crippen MR) is 108 cm³/mol. The lowest BCUT2D eigenvalue weighted by Crippen LogP contribution is -2.39. The van der Waals surface area contributed by atoms with Gasteiger partial charge < -0.3 is 10.1 Å². The monoisotopic (exact) mass is 400 g/mol. The molecule has 1 saturated heterocycles. The summed E-state index contributed by atoms with van der Waals surface area (Å²) in [5, 5.41) is 3.65. The van der Waals surface area contributed by atoms with E-state index in [1.165, 1.54) is 6.20 Å². The van der Waals surface area contributed by atoms with Gasteiger partial charge in [-0.1, -0.05) is 23.9 Å². The number of likely N-dealkylation sites (tertiary alicyclic amines) is 1. The van der Waals surface area contributed by atoms with Crippen molar-refractivity contribution < 1.29 is 9.53 Å². The zero-order valence-electron chi connectivity index (χ0n) is 15.9. The molecule has 0 spiro atoms. The molecule has 1 amide bonds. The van der Waals surface area contributed by atoms with E-state index in [4.69, 9.17) is 4.74 Å². The molecule has 1 unspecified atom stereocenters. The highest BCUT2D eigenvalue weighted by Crippen LogP contribution is 2.26. The molecule has 148 valence electrons. The molecule has 2 aliphatic heterocycles. The van der Waals surface area contributed by atoms with Crippen molar-refractivity contribution in [2.45, 2.75) is 30.6 Å². The van der Waals surface area contributed by atoms with Crippen LogP contribution in [0.15, 0.2) is 40.4 Å². The van der Waals surface area contributed by atoms with Crippen molar-refractivity contribution in [2.24, 2.45) is 0 Å². The summed E-state index contributed by atoms with van der Waals surface area (Å²) < 4.78 is 6.84. The molecular formula is C20H24N4O3S. The Kier molecular flexibility index (Phi) is 5.68. The second-order valence-electron chi connectivity index (χ2n) is 7.00. The van der Waals surface area contributed by atoms with E-state index in [9.17, 15) is 9.59 Å². The van der Waals surface area contributed by atoms with Gasteiger partial charge in [0.15, 0.2) is 5.16 Å². The van der Waals surface area contributed by atoms with Crippen LogP contribution in [0.3, 0.4) is 0 Å². The van der Waals surface area contributed by atoms with Crippen LogP contribution in [0.2, 0.25) is 0 Å². The molecule has 8 heteroatoms. The van der Waals surface area contributed by atoms with Gasteiger partial charge in [0.05, 0.1) is 13.2 Å². The molecule has 1 fully saturated rings. The zero-order chi connectivity index (χ0) is 19.5. The van der Waals surface area contributed by atoms with Crippen molar-refractivity contribution in [1.29, 1.82) is 0 Å². The molecule has 4 rings (SSSR count). The largest absolute Gasteiger partial charge is 0.497 e. The van der Waals surface area contributed by atoms with Gasteiger partial charge in [-0.2, -0.15) is 0 Å². The van der Waals surface area contributed by atoms with Crippen molar-refractivity contribution in [3.8, 4) is 5.75 Å². The van der Waals surface area contributed by atoms with Crippen LogP contribution < -0.4 is 15.6 Å². The topological polar surface area (TPSA) is 76.5 Å². The molecule has 1 aromatic heterocycles. The summed E-state index contributed by atoms with van der Waals surface area (Å²) in [4.78, 5) is 31.9. The van der Waals surface area contributed by atoms with Gasteiger partial charge in [-0.25, -0.2) is 4.98 Å². The van der Waals surface area contributed by atoms with E-state index in [1.807, 2.05) is 24.3 Å². The summed E-state index contributed by atoms with van der Waals surface area (Å²) in [6, 6.07) is 8.02. The number of aromatic nitrogens is 2. The summed E-state index contributed by atoms with van der Waals surface area (Å²) in [6.45, 7) is 3.07. The number of carbonyl (C=O) groups is 1. The second kappa shape index (κ2) is 8.36. The Labute approximate surface area is 168 Å². The number of thioether (sulfide) groups is 1. The molecular weight excluding hydrogens is 376 g/mol. The first-order valence-electron chi connectivity index (χ1n) is 9.56. The Hall–Kier alpha value is -2.32. The van der Waals surface area contributed by atoms with Crippen molar-refractivity contribution in [3.05, 3.63) is 51.9 Å². The molecule has 7 nitrogen and oxygen atoms in total. The normalized spacial score (nSPS) is 17.3. The number of carbonyl (C=O) groups excluding carboxylic acids is 1. The molecule has 0 bridgehead atoms. The van der Waals surface area contributed by atoms with Gasteiger partial charge in [0.1, 0.15) is 11.3 Å². The van der Waals surface area contributed by atoms with Crippen molar-refractivity contribution in [2.75, 3.05) is 32.5 Å². The molecule has 2 aliphatic rings. The maximum Gasteiger partial charge on any atom is 0.267 e. The Balaban J connectivity index is 1.51. The number of amides is 1. The number of benzene rings is 1. The first-order valence-corrected chi connectivity index (χ1v) is 10.5. The van der Waals surface area contributed by atoms with Crippen LogP contribution in [0.25, 0.3) is 0 Å². The van der Waals surface area contributed by atoms with Crippen LogP contribution in [0.4, 0.5) is 0 Å². The van der Waals surface area contributed by atoms with Gasteiger partial charge >= 0.3 is 0 Å². The molecule has 1 aromatic carbocycles. The number of fused-ring (bicyclic) bond motifs is 1. The standard InChI is InChI=1S/C20H24N4O3S/c1-27-15-6-4-14(5-7-15)17(23-8-2-3-9-23)13-21-18(25)16-12-22-20-24(19(16)26)10-11-28-20/h4-7,12,17H,2-3,8-11,13H2,1H3,(H,21,25). The number of nitrogens with one attached hydrogen (secondary N) is 1. The quantitative estimate of drug-likeness (QED) is 0.747. The van der Waals surface area contributed by atoms with Gasteiger partial charge in [-0.3, -0.25) is 19.1 Å². The van der Waals surface area contributed by atoms with Crippen LogP contribution >= 0.6 is 11.8 Å². The third-order valence-corrected chi connectivity index (χ3v) is 6.31. The van der Waals surface area contributed by atoms with Crippen molar-refractivity contribution >= 4 is 17.7 Å². The Morgan fingerprint density at radius 1 is 1.25 bits per heavy atom. The number of ether oxygens (including phenoxy) is 1. The number of methoxy groups -OCH3 is 1. The first kappa shape index (κ1) is 19.0. The average Bonchev–Trinajstić information content (AvgIpc) is 3.41. The fourth-order valence-electron chi connectivity index (χ4n) is 3.79. The van der Waals surface area contributed by atoms with Crippen LogP contribution in [0.5, 0.6) is 5.75 Å². The van der Waals surface area contributed by atoms with Gasteiger partial charge in [0.2, 0.25) is 0 Å². The van der Waals surface area contributed by atoms with E-state index >= 15 is 0 Å². The Bertz CT molecular complexity index is 907. The van der Waals surface area contributed by atoms with Crippen molar-refractivity contribution in [3.63, 3.8) is 0 Å². The maximum atomic E-state index is 12.7. The third kappa shape index (κ3) is 3.79. The minimum absolute atomic E-state index is 0.0676. The van der Waals surface area contributed by atoms with Crippen molar-refractivity contribution in [1.82, 2.24) is 19.8 Å². The van der Waals surface area contributed by atoms with Gasteiger partial charge in [0.25, 0.3) is 11.5 Å². The van der Waals surface area contributed by atoms with E-state index in [0.29, 0.717) is 18.2 Å². The minimum atomic E-state index is -0.359. The summed E-state index contributed by atoms with van der Waals surface area (Å²) in [7, 11) is 1.65. The highest BCUT2D eigenvalue weighted by molar-refractivity contribution is 7.99. The molecule has 1 N–H and O–H groups in total. The third-order valence-electron chi connectivity index (χ3n) is 5.34. The summed E-state index contributed by atoms with van der Waals surface area (Å²) >= 11 is 1.54. The lowest BCUT2D eigenvalue weighted by atomic mass is 10.0. The first-order chi connectivity index (χ1) is 13.7. The molecule has 0 radical (unpaired) electrons. The number of rotatable bonds is 6. The smallest absolute Gasteiger partial charge is 0.267 e. The molecule has 3 heterocycles. The van der Waals surface area contributed by atoms with Crippen LogP contribution in [0, 0.1) is 0 Å². The predicted octanol–water partition coefficient (Wildman–Crippen LogP) is 1.92. The highest BCUT2D eigenvalue weighted by atomic mass is 32.2. The molecule has 0 aliphatic carbocycles. The molecule has 1 atom stereocenters. The second-order valence-corrected chi connectivity index (χ2v) is 8.06. The number of hydrogen-bond donors (Lipinski definition) is 1. The average molecular weight is 401 g/mol. The maximum absolute atomic E-state index is 12.7. The van der Waals surface area contributed by atoms with Crippen LogP contribution in [-0.4, -0.2) is 52.9 Å². The number of nitrogens with zero attached hydrogens (tertiary/aromatic N) is 3. The summed E-state index contributed by atoms with van der Waals surface area (Å²) in [6.07, 6.45) is 3.72. The minimum Gasteiger partial charge on any atom is -0.497 e. The van der Waals surface area contributed by atoms with E-state index in [1.54, 1.807) is 23.4 Å². The van der Waals surface area contributed by atoms with E-state index in [0.717, 1.165) is 43.0 Å². The summed E-state index contributed by atoms with van der Waals surface area (Å²) in [5.41, 5.74) is 0.985. The Morgan fingerprint density at radius 2 is 2.00 bits per heavy atom. The van der Waals surface area contributed by atoms with Gasteiger partial charge in [-0.05, 0) is 43.6 Å². The van der Waals surface area contributed by atoms with Gasteiger partial charge in [-0.15, -0.1) is 0 Å². The SMILES string of the molecule is COc1ccc(C(CNC(=O)c2cnc3n(c2=O)CCS3)N2CCCC2)cc1. The van der Waals surface area contributed by atoms with E-state index in [2.05, 4.69) is 15.2 Å². The van der Waals surface area contributed by atoms with E-state index < -0.39 is 0 Å². The lowest BCUT2D eigenvalue weighted by Gasteiger charge is -2.28. The fraction of sp³-hybridized carbons (Fsp3) is 0.450. The zero-order valence-corrected chi connectivity index (χ0v) is 16.7. The highest BCUT2D eigenvalue weighted by Gasteiger charge is 2.25. The van der Waals surface area contributed by atoms with Gasteiger partial charge in [0, 0.05) is 25.0 Å². The summed E-state index contributed by atoms with van der Waals surface area (Å²) in [5.74, 6) is 1.27.